The summed E-state index contributed by atoms with van der Waals surface area (Å²) in [6.45, 7) is 7.86. The molecule has 4 aromatic rings. The zero-order valence-electron chi connectivity index (χ0n) is 19.3. The molecule has 0 bridgehead atoms. The van der Waals surface area contributed by atoms with Crippen LogP contribution in [0.15, 0.2) is 65.8 Å². The Bertz CT molecular complexity index is 1420. The Labute approximate surface area is 198 Å². The Balaban J connectivity index is 1.49. The van der Waals surface area contributed by atoms with Gasteiger partial charge in [-0.15, -0.1) is 0 Å². The maximum atomic E-state index is 12.8. The van der Waals surface area contributed by atoms with Gasteiger partial charge in [-0.1, -0.05) is 0 Å². The smallest absolute Gasteiger partial charge is 0.261 e. The summed E-state index contributed by atoms with van der Waals surface area (Å²) < 4.78 is 41.4. The third-order valence-electron chi connectivity index (χ3n) is 4.96. The van der Waals surface area contributed by atoms with Gasteiger partial charge in [0.15, 0.2) is 0 Å². The summed E-state index contributed by atoms with van der Waals surface area (Å²) in [5.74, 6) is 3.53. The van der Waals surface area contributed by atoms with Crippen molar-refractivity contribution in [1.29, 1.82) is 0 Å². The molecule has 2 heterocycles. The van der Waals surface area contributed by atoms with Gasteiger partial charge in [0.2, 0.25) is 5.88 Å². The van der Waals surface area contributed by atoms with Gasteiger partial charge < -0.3 is 9.47 Å². The number of aryl methyl sites for hydroxylation is 3. The average molecular weight is 480 g/mol. The van der Waals surface area contributed by atoms with Crippen LogP contribution in [0.25, 0.3) is 5.82 Å². The van der Waals surface area contributed by atoms with Crippen LogP contribution in [0.3, 0.4) is 0 Å². The lowest BCUT2D eigenvalue weighted by Gasteiger charge is -2.12. The number of nitrogens with one attached hydrogen (secondary N) is 1. The molecule has 0 spiro atoms. The highest BCUT2D eigenvalue weighted by molar-refractivity contribution is 7.92. The van der Waals surface area contributed by atoms with Crippen LogP contribution in [0.2, 0.25) is 0 Å². The van der Waals surface area contributed by atoms with Crippen molar-refractivity contribution in [3.8, 4) is 23.2 Å². The molecule has 4 rings (SSSR count). The standard InChI is InChI=1S/C24H25N5O4S/c1-5-32-22-11-10-21(14-16(22)2)34(30,31)28-19-6-8-20(9-7-19)33-24-15-23(26-17(3)27-24)29-13-12-25-18(29)4/h6-15,28H,5H2,1-4H3. The highest BCUT2D eigenvalue weighted by atomic mass is 32.2. The number of rotatable bonds is 8. The number of aromatic nitrogens is 4. The van der Waals surface area contributed by atoms with Crippen molar-refractivity contribution in [3.05, 3.63) is 78.1 Å². The molecule has 0 aliphatic carbocycles. The molecule has 0 radical (unpaired) electrons. The minimum Gasteiger partial charge on any atom is -0.494 e. The van der Waals surface area contributed by atoms with Crippen LogP contribution in [-0.2, 0) is 10.0 Å². The van der Waals surface area contributed by atoms with Crippen molar-refractivity contribution < 1.29 is 17.9 Å². The summed E-state index contributed by atoms with van der Waals surface area (Å²) in [6, 6.07) is 13.1. The number of ether oxygens (including phenoxy) is 2. The number of sulfonamides is 1. The summed E-state index contributed by atoms with van der Waals surface area (Å²) in [7, 11) is -3.76. The first-order valence-electron chi connectivity index (χ1n) is 10.7. The number of hydrogen-bond acceptors (Lipinski definition) is 7. The molecule has 0 unspecified atom stereocenters. The van der Waals surface area contributed by atoms with E-state index < -0.39 is 10.0 Å². The highest BCUT2D eigenvalue weighted by Gasteiger charge is 2.16. The first-order chi connectivity index (χ1) is 16.2. The van der Waals surface area contributed by atoms with Gasteiger partial charge in [-0.25, -0.2) is 18.4 Å². The second-order valence-electron chi connectivity index (χ2n) is 7.55. The van der Waals surface area contributed by atoms with Gasteiger partial charge in [-0.05, 0) is 75.7 Å². The third kappa shape index (κ3) is 5.18. The van der Waals surface area contributed by atoms with Crippen molar-refractivity contribution in [2.45, 2.75) is 32.6 Å². The van der Waals surface area contributed by atoms with Crippen LogP contribution in [-0.4, -0.2) is 34.5 Å². The van der Waals surface area contributed by atoms with E-state index in [4.69, 9.17) is 9.47 Å². The number of benzene rings is 2. The average Bonchev–Trinajstić information content (AvgIpc) is 3.22. The summed E-state index contributed by atoms with van der Waals surface area (Å²) >= 11 is 0. The zero-order chi connectivity index (χ0) is 24.3. The van der Waals surface area contributed by atoms with Gasteiger partial charge in [-0.3, -0.25) is 9.29 Å². The topological polar surface area (TPSA) is 108 Å². The SMILES string of the molecule is CCOc1ccc(S(=O)(=O)Nc2ccc(Oc3cc(-n4ccnc4C)nc(C)n3)cc2)cc1C. The molecular formula is C24H25N5O4S. The molecule has 2 aromatic heterocycles. The van der Waals surface area contributed by atoms with Crippen molar-refractivity contribution in [3.63, 3.8) is 0 Å². The lowest BCUT2D eigenvalue weighted by atomic mass is 10.2. The predicted molar refractivity (Wildman–Crippen MR) is 128 cm³/mol. The van der Waals surface area contributed by atoms with E-state index in [2.05, 4.69) is 19.7 Å². The van der Waals surface area contributed by atoms with Gasteiger partial charge in [0.1, 0.15) is 29.0 Å². The van der Waals surface area contributed by atoms with Gasteiger partial charge in [0, 0.05) is 24.1 Å². The monoisotopic (exact) mass is 479 g/mol. The third-order valence-corrected chi connectivity index (χ3v) is 6.34. The van der Waals surface area contributed by atoms with Crippen LogP contribution >= 0.6 is 0 Å². The summed E-state index contributed by atoms with van der Waals surface area (Å²) in [5.41, 5.74) is 1.16. The molecule has 0 saturated carbocycles. The quantitative estimate of drug-likeness (QED) is 0.394. The van der Waals surface area contributed by atoms with Crippen molar-refractivity contribution >= 4 is 15.7 Å². The van der Waals surface area contributed by atoms with E-state index in [-0.39, 0.29) is 4.90 Å². The molecule has 34 heavy (non-hydrogen) atoms. The molecule has 0 saturated heterocycles. The van der Waals surface area contributed by atoms with Crippen LogP contribution in [0.5, 0.6) is 17.4 Å². The van der Waals surface area contributed by atoms with E-state index in [1.807, 2.05) is 31.5 Å². The molecule has 2 aromatic carbocycles. The Kier molecular flexibility index (Phi) is 6.51. The van der Waals surface area contributed by atoms with E-state index in [0.717, 1.165) is 11.4 Å². The Hall–Kier alpha value is -3.92. The molecule has 10 heteroatoms. The largest absolute Gasteiger partial charge is 0.494 e. The summed E-state index contributed by atoms with van der Waals surface area (Å²) in [4.78, 5) is 13.1. The van der Waals surface area contributed by atoms with Crippen molar-refractivity contribution in [1.82, 2.24) is 19.5 Å². The first kappa shape index (κ1) is 23.2. The fourth-order valence-electron chi connectivity index (χ4n) is 3.35. The van der Waals surface area contributed by atoms with E-state index in [9.17, 15) is 8.42 Å². The molecule has 0 atom stereocenters. The number of imidazole rings is 1. The van der Waals surface area contributed by atoms with Gasteiger partial charge in [0.25, 0.3) is 10.0 Å². The molecule has 1 N–H and O–H groups in total. The minimum absolute atomic E-state index is 0.160. The Morgan fingerprint density at radius 3 is 2.41 bits per heavy atom. The minimum atomic E-state index is -3.76. The van der Waals surface area contributed by atoms with E-state index in [1.54, 1.807) is 55.6 Å². The summed E-state index contributed by atoms with van der Waals surface area (Å²) in [5, 5.41) is 0. The van der Waals surface area contributed by atoms with Crippen molar-refractivity contribution in [2.75, 3.05) is 11.3 Å². The fourth-order valence-corrected chi connectivity index (χ4v) is 4.50. The van der Waals surface area contributed by atoms with Gasteiger partial charge in [-0.2, -0.15) is 4.98 Å². The van der Waals surface area contributed by atoms with E-state index in [0.29, 0.717) is 41.3 Å². The van der Waals surface area contributed by atoms with E-state index in [1.165, 1.54) is 6.07 Å². The maximum absolute atomic E-state index is 12.8. The van der Waals surface area contributed by atoms with E-state index >= 15 is 0 Å². The maximum Gasteiger partial charge on any atom is 0.261 e. The fraction of sp³-hybridized carbons (Fsp3) is 0.208. The van der Waals surface area contributed by atoms with Crippen molar-refractivity contribution in [2.24, 2.45) is 0 Å². The molecule has 9 nitrogen and oxygen atoms in total. The van der Waals surface area contributed by atoms with Crippen LogP contribution in [0.1, 0.15) is 24.1 Å². The molecule has 0 aliphatic heterocycles. The molecular weight excluding hydrogens is 454 g/mol. The Morgan fingerprint density at radius 1 is 1.00 bits per heavy atom. The lowest BCUT2D eigenvalue weighted by Crippen LogP contribution is -2.13. The van der Waals surface area contributed by atoms with Crippen LogP contribution < -0.4 is 14.2 Å². The second-order valence-corrected chi connectivity index (χ2v) is 9.23. The Morgan fingerprint density at radius 2 is 1.76 bits per heavy atom. The predicted octanol–water partition coefficient (Wildman–Crippen LogP) is 4.58. The number of anilines is 1. The lowest BCUT2D eigenvalue weighted by molar-refractivity contribution is 0.337. The number of nitrogens with zero attached hydrogens (tertiary/aromatic N) is 4. The van der Waals surface area contributed by atoms with Gasteiger partial charge >= 0.3 is 0 Å². The van der Waals surface area contributed by atoms with Crippen LogP contribution in [0.4, 0.5) is 5.69 Å². The normalized spacial score (nSPS) is 11.3. The second kappa shape index (κ2) is 9.52. The zero-order valence-corrected chi connectivity index (χ0v) is 20.1. The van der Waals surface area contributed by atoms with Crippen LogP contribution in [0, 0.1) is 20.8 Å². The molecule has 0 aliphatic rings. The number of hydrogen-bond donors (Lipinski definition) is 1. The molecule has 0 fully saturated rings. The molecule has 0 amide bonds. The highest BCUT2D eigenvalue weighted by Crippen LogP contribution is 2.26. The first-order valence-corrected chi connectivity index (χ1v) is 12.1. The summed E-state index contributed by atoms with van der Waals surface area (Å²) in [6.07, 6.45) is 3.51. The molecule has 176 valence electrons. The van der Waals surface area contributed by atoms with Gasteiger partial charge in [0.05, 0.1) is 11.5 Å².